The predicted molar refractivity (Wildman–Crippen MR) is 136 cm³/mol. The molecule has 10 heteroatoms. The molecule has 0 bridgehead atoms. The van der Waals surface area contributed by atoms with E-state index in [0.29, 0.717) is 23.4 Å². The van der Waals surface area contributed by atoms with E-state index in [-0.39, 0.29) is 17.9 Å². The number of non-ortho nitro benzene ring substituents is 1. The molecule has 2 unspecified atom stereocenters. The van der Waals surface area contributed by atoms with Gasteiger partial charge in [0.05, 0.1) is 29.9 Å². The second-order valence-electron chi connectivity index (χ2n) is 9.17. The van der Waals surface area contributed by atoms with E-state index in [9.17, 15) is 19.7 Å². The van der Waals surface area contributed by atoms with Crippen molar-refractivity contribution in [1.82, 2.24) is 5.16 Å². The van der Waals surface area contributed by atoms with Gasteiger partial charge in [-0.05, 0) is 39.2 Å². The molecule has 0 spiro atoms. The lowest BCUT2D eigenvalue weighted by Crippen LogP contribution is -2.36. The number of benzene rings is 1. The van der Waals surface area contributed by atoms with Crippen molar-refractivity contribution in [2.75, 3.05) is 13.7 Å². The van der Waals surface area contributed by atoms with Crippen molar-refractivity contribution in [3.8, 4) is 0 Å². The van der Waals surface area contributed by atoms with Crippen LogP contribution in [0.1, 0.15) is 68.9 Å². The third-order valence-corrected chi connectivity index (χ3v) is 6.42. The van der Waals surface area contributed by atoms with Crippen LogP contribution in [0.15, 0.2) is 51.1 Å². The monoisotopic (exact) mass is 511 g/mol. The van der Waals surface area contributed by atoms with Gasteiger partial charge in [0.2, 0.25) is 0 Å². The number of hydrogen-bond acceptors (Lipinski definition) is 9. The molecule has 1 aliphatic rings. The standard InChI is InChI=1S/C27H33N3O7/c1-17-15-22(37-29-17)13-8-6-5-7-9-14-36-27(32)24-19(3)28-18(2)23(26(31)35-4)25(24)20-11-10-12-21(16-20)30(33)34/h10-12,15-16,23,25H,5-9,13-14H2,1-4H3. The molecule has 0 fully saturated rings. The fourth-order valence-corrected chi connectivity index (χ4v) is 4.63. The first-order chi connectivity index (χ1) is 17.7. The molecule has 3 rings (SSSR count). The number of carbonyl (C=O) groups is 2. The van der Waals surface area contributed by atoms with Crippen LogP contribution < -0.4 is 0 Å². The van der Waals surface area contributed by atoms with Crippen LogP contribution in [0, 0.1) is 23.0 Å². The second-order valence-corrected chi connectivity index (χ2v) is 9.17. The van der Waals surface area contributed by atoms with E-state index < -0.39 is 28.7 Å². The molecule has 2 heterocycles. The molecule has 0 amide bonds. The Morgan fingerprint density at radius 3 is 2.49 bits per heavy atom. The normalized spacial score (nSPS) is 17.4. The summed E-state index contributed by atoms with van der Waals surface area (Å²) in [6.45, 7) is 5.48. The number of methoxy groups -OCH3 is 1. The highest BCUT2D eigenvalue weighted by atomic mass is 16.6. The van der Waals surface area contributed by atoms with Crippen LogP contribution in [0.5, 0.6) is 0 Å². The molecule has 0 N–H and O–H groups in total. The van der Waals surface area contributed by atoms with Gasteiger partial charge in [-0.3, -0.25) is 19.9 Å². The largest absolute Gasteiger partial charge is 0.468 e. The molecule has 1 aromatic heterocycles. The van der Waals surface area contributed by atoms with Gasteiger partial charge in [-0.1, -0.05) is 36.6 Å². The number of aryl methyl sites for hydroxylation is 2. The number of nitro benzene ring substituents is 1. The van der Waals surface area contributed by atoms with Crippen molar-refractivity contribution in [2.45, 2.75) is 65.2 Å². The summed E-state index contributed by atoms with van der Waals surface area (Å²) in [5.74, 6) is -1.97. The number of hydrogen-bond donors (Lipinski definition) is 0. The number of unbranched alkanes of at least 4 members (excludes halogenated alkanes) is 4. The summed E-state index contributed by atoms with van der Waals surface area (Å²) in [4.78, 5) is 41.2. The average molecular weight is 512 g/mol. The number of ether oxygens (including phenoxy) is 2. The molecule has 2 atom stereocenters. The SMILES string of the molecule is COC(=O)C1C(C)=NC(C)=C(C(=O)OCCCCCCCc2cc(C)no2)C1c1cccc([N+](=O)[O-])c1. The summed E-state index contributed by atoms with van der Waals surface area (Å²) >= 11 is 0. The van der Waals surface area contributed by atoms with E-state index in [1.165, 1.54) is 25.3 Å². The number of aromatic nitrogens is 1. The highest BCUT2D eigenvalue weighted by Crippen LogP contribution is 2.40. The van der Waals surface area contributed by atoms with Crippen molar-refractivity contribution in [3.63, 3.8) is 0 Å². The van der Waals surface area contributed by atoms with E-state index in [4.69, 9.17) is 14.0 Å². The van der Waals surface area contributed by atoms with Gasteiger partial charge in [0.1, 0.15) is 11.7 Å². The Bertz CT molecular complexity index is 1200. The van der Waals surface area contributed by atoms with E-state index in [1.54, 1.807) is 19.9 Å². The van der Waals surface area contributed by atoms with Crippen LogP contribution in [0.25, 0.3) is 0 Å². The Morgan fingerprint density at radius 1 is 1.08 bits per heavy atom. The summed E-state index contributed by atoms with van der Waals surface area (Å²) in [5, 5.41) is 15.3. The van der Waals surface area contributed by atoms with E-state index >= 15 is 0 Å². The number of allylic oxidation sites excluding steroid dienone is 1. The molecule has 1 aromatic carbocycles. The van der Waals surface area contributed by atoms with Crippen molar-refractivity contribution in [1.29, 1.82) is 0 Å². The van der Waals surface area contributed by atoms with Crippen molar-refractivity contribution >= 4 is 23.3 Å². The van der Waals surface area contributed by atoms with Gasteiger partial charge in [0.15, 0.2) is 0 Å². The summed E-state index contributed by atoms with van der Waals surface area (Å²) < 4.78 is 15.8. The lowest BCUT2D eigenvalue weighted by atomic mass is 9.75. The van der Waals surface area contributed by atoms with Crippen LogP contribution in [-0.2, 0) is 25.5 Å². The first-order valence-electron chi connectivity index (χ1n) is 12.4. The highest BCUT2D eigenvalue weighted by Gasteiger charge is 2.42. The third-order valence-electron chi connectivity index (χ3n) is 6.42. The molecule has 1 aliphatic heterocycles. The lowest BCUT2D eigenvalue weighted by Gasteiger charge is -2.31. The fourth-order valence-electron chi connectivity index (χ4n) is 4.63. The molecule has 10 nitrogen and oxygen atoms in total. The number of aliphatic imine (C=N–C) groups is 1. The number of nitrogens with zero attached hydrogens (tertiary/aromatic N) is 3. The molecule has 198 valence electrons. The third kappa shape index (κ3) is 7.12. The van der Waals surface area contributed by atoms with Crippen molar-refractivity contribution in [2.24, 2.45) is 10.9 Å². The zero-order valence-corrected chi connectivity index (χ0v) is 21.7. The molecule has 2 aromatic rings. The zero-order chi connectivity index (χ0) is 26.9. The molecule has 37 heavy (non-hydrogen) atoms. The molecule has 0 saturated heterocycles. The van der Waals surface area contributed by atoms with Crippen molar-refractivity contribution in [3.05, 3.63) is 68.7 Å². The second kappa shape index (κ2) is 12.9. The summed E-state index contributed by atoms with van der Waals surface area (Å²) in [6.07, 6.45) is 5.47. The molecule has 0 aliphatic carbocycles. The van der Waals surface area contributed by atoms with Crippen molar-refractivity contribution < 1.29 is 28.5 Å². The number of carbonyl (C=O) groups excluding carboxylic acids is 2. The molecular weight excluding hydrogens is 478 g/mol. The van der Waals surface area contributed by atoms with Gasteiger partial charge in [-0.25, -0.2) is 4.79 Å². The predicted octanol–water partition coefficient (Wildman–Crippen LogP) is 5.25. The van der Waals surface area contributed by atoms with Crippen LogP contribution in [0.2, 0.25) is 0 Å². The minimum Gasteiger partial charge on any atom is -0.468 e. The Morgan fingerprint density at radius 2 is 1.81 bits per heavy atom. The quantitative estimate of drug-likeness (QED) is 0.163. The van der Waals surface area contributed by atoms with Crippen LogP contribution in [0.3, 0.4) is 0 Å². The molecule has 0 saturated carbocycles. The highest BCUT2D eigenvalue weighted by molar-refractivity contribution is 6.07. The zero-order valence-electron chi connectivity index (χ0n) is 21.7. The van der Waals surface area contributed by atoms with E-state index in [1.807, 2.05) is 13.0 Å². The maximum atomic E-state index is 13.2. The van der Waals surface area contributed by atoms with Crippen LogP contribution in [0.4, 0.5) is 5.69 Å². The maximum Gasteiger partial charge on any atom is 0.336 e. The topological polar surface area (TPSA) is 134 Å². The van der Waals surface area contributed by atoms with E-state index in [0.717, 1.165) is 43.6 Å². The maximum absolute atomic E-state index is 13.2. The van der Waals surface area contributed by atoms with Gasteiger partial charge >= 0.3 is 11.9 Å². The van der Waals surface area contributed by atoms with Gasteiger partial charge < -0.3 is 14.0 Å². The first kappa shape index (κ1) is 27.8. The Balaban J connectivity index is 1.64. The average Bonchev–Trinajstić information content (AvgIpc) is 3.29. The number of rotatable bonds is 12. The lowest BCUT2D eigenvalue weighted by molar-refractivity contribution is -0.384. The first-order valence-corrected chi connectivity index (χ1v) is 12.4. The fraction of sp³-hybridized carbons (Fsp3) is 0.481. The number of esters is 2. The Kier molecular flexibility index (Phi) is 9.71. The van der Waals surface area contributed by atoms with E-state index in [2.05, 4.69) is 10.1 Å². The minimum atomic E-state index is -0.897. The van der Waals surface area contributed by atoms with Gasteiger partial charge in [-0.15, -0.1) is 0 Å². The van der Waals surface area contributed by atoms with Crippen LogP contribution in [-0.4, -0.2) is 41.4 Å². The summed E-state index contributed by atoms with van der Waals surface area (Å²) in [7, 11) is 1.26. The Hall–Kier alpha value is -3.82. The summed E-state index contributed by atoms with van der Waals surface area (Å²) in [6, 6.07) is 7.87. The molecular formula is C27H33N3O7. The minimum absolute atomic E-state index is 0.134. The number of nitro groups is 1. The van der Waals surface area contributed by atoms with Gasteiger partial charge in [0.25, 0.3) is 5.69 Å². The van der Waals surface area contributed by atoms with Gasteiger partial charge in [-0.2, -0.15) is 0 Å². The van der Waals surface area contributed by atoms with Crippen LogP contribution >= 0.6 is 0 Å². The summed E-state index contributed by atoms with van der Waals surface area (Å²) in [5.41, 5.74) is 2.30. The Labute approximate surface area is 215 Å². The smallest absolute Gasteiger partial charge is 0.336 e. The molecule has 0 radical (unpaired) electrons. The van der Waals surface area contributed by atoms with Gasteiger partial charge in [0, 0.05) is 41.9 Å².